The monoisotopic (exact) mass is 229 g/mol. The average molecular weight is 230 g/mol. The Morgan fingerprint density at radius 3 is 2.94 bits per heavy atom. The van der Waals surface area contributed by atoms with Crippen LogP contribution in [0.1, 0.15) is 5.56 Å². The van der Waals surface area contributed by atoms with Crippen molar-refractivity contribution < 1.29 is 0 Å². The first-order valence-electron chi connectivity index (χ1n) is 4.74. The van der Waals surface area contributed by atoms with Crippen molar-refractivity contribution >= 4 is 11.6 Å². The van der Waals surface area contributed by atoms with Crippen LogP contribution >= 0.6 is 11.6 Å². The molecule has 3 nitrogen and oxygen atoms in total. The number of halogens is 1. The van der Waals surface area contributed by atoms with Gasteiger partial charge in [-0.05, 0) is 29.3 Å². The van der Waals surface area contributed by atoms with Crippen LogP contribution in [-0.4, -0.2) is 9.97 Å². The van der Waals surface area contributed by atoms with Crippen LogP contribution in [0.2, 0.25) is 5.28 Å². The highest BCUT2D eigenvalue weighted by Gasteiger charge is 2.01. The van der Waals surface area contributed by atoms with E-state index in [0.717, 1.165) is 16.8 Å². The van der Waals surface area contributed by atoms with E-state index in [-0.39, 0.29) is 5.28 Å². The molecule has 2 rings (SSSR count). The lowest BCUT2D eigenvalue weighted by molar-refractivity contribution is 1.17. The van der Waals surface area contributed by atoms with Crippen LogP contribution in [0.4, 0.5) is 0 Å². The highest BCUT2D eigenvalue weighted by atomic mass is 35.5. The molecule has 0 saturated carbocycles. The van der Waals surface area contributed by atoms with Crippen molar-refractivity contribution in [3.63, 3.8) is 0 Å². The first kappa shape index (κ1) is 10.6. The summed E-state index contributed by atoms with van der Waals surface area (Å²) in [6, 6.07) is 11.6. The van der Waals surface area contributed by atoms with Gasteiger partial charge >= 0.3 is 0 Å². The number of benzene rings is 1. The molecule has 0 saturated heterocycles. The van der Waals surface area contributed by atoms with Gasteiger partial charge in [-0.3, -0.25) is 0 Å². The Morgan fingerprint density at radius 2 is 2.19 bits per heavy atom. The van der Waals surface area contributed by atoms with Crippen molar-refractivity contribution in [2.75, 3.05) is 0 Å². The molecule has 16 heavy (non-hydrogen) atoms. The van der Waals surface area contributed by atoms with E-state index >= 15 is 0 Å². The number of hydrogen-bond acceptors (Lipinski definition) is 3. The number of hydrogen-bond donors (Lipinski definition) is 0. The number of nitriles is 1. The molecule has 0 radical (unpaired) electrons. The Hall–Kier alpha value is -1.92. The van der Waals surface area contributed by atoms with E-state index in [1.807, 2.05) is 24.3 Å². The molecule has 0 bridgehead atoms. The minimum atomic E-state index is 0.225. The van der Waals surface area contributed by atoms with Gasteiger partial charge in [-0.15, -0.1) is 0 Å². The summed E-state index contributed by atoms with van der Waals surface area (Å²) in [6.07, 6.45) is 2.01. The van der Waals surface area contributed by atoms with Crippen molar-refractivity contribution in [1.29, 1.82) is 5.26 Å². The third-order valence-electron chi connectivity index (χ3n) is 2.13. The highest BCUT2D eigenvalue weighted by Crippen LogP contribution is 2.19. The maximum atomic E-state index is 8.63. The van der Waals surface area contributed by atoms with E-state index in [1.54, 1.807) is 12.3 Å². The second-order valence-corrected chi connectivity index (χ2v) is 3.58. The van der Waals surface area contributed by atoms with Gasteiger partial charge in [0, 0.05) is 11.8 Å². The highest BCUT2D eigenvalue weighted by molar-refractivity contribution is 6.28. The van der Waals surface area contributed by atoms with E-state index in [9.17, 15) is 0 Å². The zero-order valence-electron chi connectivity index (χ0n) is 8.39. The summed E-state index contributed by atoms with van der Waals surface area (Å²) in [5.41, 5.74) is 2.67. The van der Waals surface area contributed by atoms with Gasteiger partial charge in [0.25, 0.3) is 0 Å². The molecule has 0 aliphatic carbocycles. The standard InChI is InChI=1S/C12H8ClN3/c13-12-15-7-5-11(16-12)10-3-1-2-9(8-10)4-6-14/h1-3,5,7-8H,4H2. The molecule has 1 aromatic heterocycles. The molecule has 0 unspecified atom stereocenters. The average Bonchev–Trinajstić information content (AvgIpc) is 2.30. The third kappa shape index (κ3) is 2.36. The Bertz CT molecular complexity index is 546. The lowest BCUT2D eigenvalue weighted by atomic mass is 10.1. The normalized spacial score (nSPS) is 9.75. The molecule has 0 N–H and O–H groups in total. The predicted octanol–water partition coefficient (Wildman–Crippen LogP) is 2.86. The lowest BCUT2D eigenvalue weighted by Gasteiger charge is -2.02. The summed E-state index contributed by atoms with van der Waals surface area (Å²) in [5.74, 6) is 0. The van der Waals surface area contributed by atoms with Crippen molar-refractivity contribution in [1.82, 2.24) is 9.97 Å². The van der Waals surface area contributed by atoms with Gasteiger partial charge < -0.3 is 0 Å². The first-order valence-corrected chi connectivity index (χ1v) is 5.12. The van der Waals surface area contributed by atoms with E-state index in [4.69, 9.17) is 16.9 Å². The van der Waals surface area contributed by atoms with E-state index in [0.29, 0.717) is 6.42 Å². The van der Waals surface area contributed by atoms with Crippen LogP contribution in [0.15, 0.2) is 36.5 Å². The van der Waals surface area contributed by atoms with Crippen LogP contribution < -0.4 is 0 Å². The molecular formula is C12H8ClN3. The lowest BCUT2D eigenvalue weighted by Crippen LogP contribution is -1.88. The zero-order chi connectivity index (χ0) is 11.4. The Morgan fingerprint density at radius 1 is 1.31 bits per heavy atom. The molecule has 0 spiro atoms. The molecule has 4 heteroatoms. The second kappa shape index (κ2) is 4.73. The molecule has 0 aliphatic heterocycles. The van der Waals surface area contributed by atoms with Gasteiger partial charge in [-0.25, -0.2) is 9.97 Å². The van der Waals surface area contributed by atoms with Crippen LogP contribution in [-0.2, 0) is 6.42 Å². The van der Waals surface area contributed by atoms with Crippen LogP contribution in [0.25, 0.3) is 11.3 Å². The quantitative estimate of drug-likeness (QED) is 0.744. The summed E-state index contributed by atoms with van der Waals surface area (Å²) < 4.78 is 0. The zero-order valence-corrected chi connectivity index (χ0v) is 9.15. The Labute approximate surface area is 98.4 Å². The fourth-order valence-electron chi connectivity index (χ4n) is 1.43. The molecular weight excluding hydrogens is 222 g/mol. The molecule has 1 aromatic carbocycles. The molecule has 2 aromatic rings. The number of nitrogens with zero attached hydrogens (tertiary/aromatic N) is 3. The maximum Gasteiger partial charge on any atom is 0.222 e. The SMILES string of the molecule is N#CCc1cccc(-c2ccnc(Cl)n2)c1. The van der Waals surface area contributed by atoms with Gasteiger partial charge in [-0.1, -0.05) is 18.2 Å². The molecule has 0 fully saturated rings. The third-order valence-corrected chi connectivity index (χ3v) is 2.31. The van der Waals surface area contributed by atoms with E-state index in [2.05, 4.69) is 16.0 Å². The summed E-state index contributed by atoms with van der Waals surface area (Å²) in [7, 11) is 0. The predicted molar refractivity (Wildman–Crippen MR) is 61.8 cm³/mol. The Balaban J connectivity index is 2.41. The molecule has 78 valence electrons. The van der Waals surface area contributed by atoms with Crippen LogP contribution in [0.3, 0.4) is 0 Å². The van der Waals surface area contributed by atoms with Crippen molar-refractivity contribution in [3.05, 3.63) is 47.4 Å². The smallest absolute Gasteiger partial charge is 0.222 e. The summed E-state index contributed by atoms with van der Waals surface area (Å²) in [4.78, 5) is 7.94. The second-order valence-electron chi connectivity index (χ2n) is 3.25. The molecule has 0 aliphatic rings. The van der Waals surface area contributed by atoms with Gasteiger partial charge in [0.05, 0.1) is 18.2 Å². The van der Waals surface area contributed by atoms with E-state index in [1.165, 1.54) is 0 Å². The van der Waals surface area contributed by atoms with Gasteiger partial charge in [0.1, 0.15) is 0 Å². The topological polar surface area (TPSA) is 49.6 Å². The van der Waals surface area contributed by atoms with Crippen LogP contribution in [0, 0.1) is 11.3 Å². The van der Waals surface area contributed by atoms with Gasteiger partial charge in [0.15, 0.2) is 0 Å². The fourth-order valence-corrected chi connectivity index (χ4v) is 1.57. The summed E-state index contributed by atoms with van der Waals surface area (Å²) in [6.45, 7) is 0. The van der Waals surface area contributed by atoms with Crippen molar-refractivity contribution in [3.8, 4) is 17.3 Å². The minimum absolute atomic E-state index is 0.225. The molecule has 0 amide bonds. The number of rotatable bonds is 2. The summed E-state index contributed by atoms with van der Waals surface area (Å²) >= 11 is 5.72. The van der Waals surface area contributed by atoms with Crippen LogP contribution in [0.5, 0.6) is 0 Å². The number of aromatic nitrogens is 2. The van der Waals surface area contributed by atoms with E-state index < -0.39 is 0 Å². The molecule has 1 heterocycles. The van der Waals surface area contributed by atoms with Gasteiger partial charge in [0.2, 0.25) is 5.28 Å². The molecule has 0 atom stereocenters. The van der Waals surface area contributed by atoms with Gasteiger partial charge in [-0.2, -0.15) is 5.26 Å². The Kier molecular flexibility index (Phi) is 3.13. The largest absolute Gasteiger partial charge is 0.226 e. The summed E-state index contributed by atoms with van der Waals surface area (Å²) in [5, 5.41) is 8.85. The van der Waals surface area contributed by atoms with Crippen molar-refractivity contribution in [2.45, 2.75) is 6.42 Å². The first-order chi connectivity index (χ1) is 7.79. The minimum Gasteiger partial charge on any atom is -0.226 e. The van der Waals surface area contributed by atoms with Crippen molar-refractivity contribution in [2.24, 2.45) is 0 Å². The maximum absolute atomic E-state index is 8.63. The fraction of sp³-hybridized carbons (Fsp3) is 0.0833.